The van der Waals surface area contributed by atoms with Gasteiger partial charge >= 0.3 is 7.48 Å². The van der Waals surface area contributed by atoms with Gasteiger partial charge in [0.25, 0.3) is 0 Å². The Hall–Kier alpha value is -0.795. The maximum Gasteiger partial charge on any atom is 0.304 e. The molecule has 0 spiro atoms. The second kappa shape index (κ2) is 3.39. The lowest BCUT2D eigenvalue weighted by Gasteiger charge is -1.96. The molecule has 0 radical (unpaired) electrons. The molecular formula is C7H9BO2. The quantitative estimate of drug-likeness (QED) is 0.519. The second-order valence-electron chi connectivity index (χ2n) is 2.14. The first-order valence-corrected chi connectivity index (χ1v) is 3.16. The molecule has 0 saturated heterocycles. The van der Waals surface area contributed by atoms with E-state index in [2.05, 4.69) is 0 Å². The van der Waals surface area contributed by atoms with E-state index in [1.54, 1.807) is 6.07 Å². The summed E-state index contributed by atoms with van der Waals surface area (Å²) in [6, 6.07) is 7.23. The van der Waals surface area contributed by atoms with Crippen LogP contribution in [0, 0.1) is 0 Å². The topological polar surface area (TPSA) is 40.5 Å². The molecule has 0 amide bonds. The summed E-state index contributed by atoms with van der Waals surface area (Å²) >= 11 is 0. The van der Waals surface area contributed by atoms with Crippen molar-refractivity contribution in [2.45, 2.75) is 6.61 Å². The van der Waals surface area contributed by atoms with Crippen LogP contribution < -0.4 is 5.46 Å². The molecule has 1 rings (SSSR count). The highest BCUT2D eigenvalue weighted by molar-refractivity contribution is 6.45. The van der Waals surface area contributed by atoms with E-state index in [9.17, 15) is 0 Å². The summed E-state index contributed by atoms with van der Waals surface area (Å²) in [7, 11) is 0.0356. The summed E-state index contributed by atoms with van der Waals surface area (Å²) in [5.41, 5.74) is 1.68. The Morgan fingerprint density at radius 1 is 1.40 bits per heavy atom. The van der Waals surface area contributed by atoms with Gasteiger partial charge < -0.3 is 10.1 Å². The van der Waals surface area contributed by atoms with Crippen LogP contribution in [0.25, 0.3) is 0 Å². The van der Waals surface area contributed by atoms with Crippen LogP contribution >= 0.6 is 0 Å². The van der Waals surface area contributed by atoms with Crippen LogP contribution in [0.1, 0.15) is 5.56 Å². The highest BCUT2D eigenvalue weighted by atomic mass is 16.3. The monoisotopic (exact) mass is 136 g/mol. The maximum absolute atomic E-state index is 8.68. The molecule has 3 heteroatoms. The van der Waals surface area contributed by atoms with Crippen LogP contribution in [0.5, 0.6) is 0 Å². The van der Waals surface area contributed by atoms with Gasteiger partial charge in [0, 0.05) is 0 Å². The summed E-state index contributed by atoms with van der Waals surface area (Å²) < 4.78 is 0. The molecule has 0 fully saturated rings. The molecule has 2 nitrogen and oxygen atoms in total. The first kappa shape index (κ1) is 7.31. The van der Waals surface area contributed by atoms with Gasteiger partial charge in [-0.05, 0) is 5.56 Å². The summed E-state index contributed by atoms with van der Waals surface area (Å²) in [6.45, 7) is 0.0356. The van der Waals surface area contributed by atoms with Crippen molar-refractivity contribution >= 4 is 12.9 Å². The van der Waals surface area contributed by atoms with Gasteiger partial charge in [0.15, 0.2) is 0 Å². The molecule has 10 heavy (non-hydrogen) atoms. The summed E-state index contributed by atoms with van der Waals surface area (Å²) in [4.78, 5) is 0. The van der Waals surface area contributed by atoms with Crippen molar-refractivity contribution in [3.8, 4) is 0 Å². The molecule has 0 aliphatic carbocycles. The van der Waals surface area contributed by atoms with Crippen LogP contribution in [0.3, 0.4) is 0 Å². The SMILES string of the molecule is OBc1cccc(CO)c1. The predicted molar refractivity (Wildman–Crippen MR) is 41.4 cm³/mol. The molecular weight excluding hydrogens is 127 g/mol. The van der Waals surface area contributed by atoms with E-state index >= 15 is 0 Å². The first-order chi connectivity index (χ1) is 4.86. The van der Waals surface area contributed by atoms with E-state index in [0.717, 1.165) is 11.0 Å². The Bertz CT molecular complexity index is 193. The zero-order chi connectivity index (χ0) is 7.40. The van der Waals surface area contributed by atoms with Crippen molar-refractivity contribution in [3.63, 3.8) is 0 Å². The molecule has 2 N–H and O–H groups in total. The fraction of sp³-hybridized carbons (Fsp3) is 0.143. The summed E-state index contributed by atoms with van der Waals surface area (Å²) in [5.74, 6) is 0. The largest absolute Gasteiger partial charge is 0.449 e. The van der Waals surface area contributed by atoms with Gasteiger partial charge in [0.05, 0.1) is 6.61 Å². The normalized spacial score (nSPS) is 9.40. The van der Waals surface area contributed by atoms with Gasteiger partial charge in [-0.1, -0.05) is 29.7 Å². The average Bonchev–Trinajstić information content (AvgIpc) is 2.05. The van der Waals surface area contributed by atoms with Gasteiger partial charge in [0.1, 0.15) is 0 Å². The van der Waals surface area contributed by atoms with Crippen molar-refractivity contribution in [2.24, 2.45) is 0 Å². The number of aliphatic hydroxyl groups excluding tert-OH is 1. The molecule has 0 atom stereocenters. The second-order valence-corrected chi connectivity index (χ2v) is 2.14. The van der Waals surface area contributed by atoms with Crippen LogP contribution in [-0.4, -0.2) is 17.6 Å². The van der Waals surface area contributed by atoms with E-state index in [0.29, 0.717) is 0 Å². The summed E-state index contributed by atoms with van der Waals surface area (Å²) in [5, 5.41) is 17.4. The average molecular weight is 136 g/mol. The molecule has 1 aromatic rings. The van der Waals surface area contributed by atoms with Crippen molar-refractivity contribution in [1.29, 1.82) is 0 Å². The Morgan fingerprint density at radius 3 is 2.80 bits per heavy atom. The number of rotatable bonds is 2. The van der Waals surface area contributed by atoms with Crippen LogP contribution in [-0.2, 0) is 6.61 Å². The van der Waals surface area contributed by atoms with Crippen LogP contribution in [0.2, 0.25) is 0 Å². The third kappa shape index (κ3) is 1.59. The number of aliphatic hydroxyl groups is 1. The third-order valence-electron chi connectivity index (χ3n) is 1.36. The lowest BCUT2D eigenvalue weighted by Crippen LogP contribution is -2.13. The molecule has 0 bridgehead atoms. The Labute approximate surface area is 60.4 Å². The van der Waals surface area contributed by atoms with Gasteiger partial charge in [-0.2, -0.15) is 0 Å². The van der Waals surface area contributed by atoms with Crippen molar-refractivity contribution < 1.29 is 10.1 Å². The van der Waals surface area contributed by atoms with Gasteiger partial charge in [0.2, 0.25) is 0 Å². The van der Waals surface area contributed by atoms with Crippen molar-refractivity contribution in [1.82, 2.24) is 0 Å². The molecule has 0 saturated carbocycles. The molecule has 0 unspecified atom stereocenters. The first-order valence-electron chi connectivity index (χ1n) is 3.16. The minimum absolute atomic E-state index is 0.0356. The van der Waals surface area contributed by atoms with Gasteiger partial charge in [-0.15, -0.1) is 0 Å². The highest BCUT2D eigenvalue weighted by Crippen LogP contribution is 1.94. The zero-order valence-electron chi connectivity index (χ0n) is 5.62. The molecule has 0 aliphatic rings. The molecule has 0 heterocycles. The van der Waals surface area contributed by atoms with Crippen molar-refractivity contribution in [3.05, 3.63) is 29.8 Å². The Kier molecular flexibility index (Phi) is 2.48. The van der Waals surface area contributed by atoms with Crippen LogP contribution in [0.4, 0.5) is 0 Å². The van der Waals surface area contributed by atoms with E-state index in [1.165, 1.54) is 0 Å². The number of benzene rings is 1. The Morgan fingerprint density at radius 2 is 2.20 bits per heavy atom. The minimum atomic E-state index is 0.0356. The fourth-order valence-electron chi connectivity index (χ4n) is 0.826. The van der Waals surface area contributed by atoms with Crippen molar-refractivity contribution in [2.75, 3.05) is 0 Å². The zero-order valence-corrected chi connectivity index (χ0v) is 5.62. The Balaban J connectivity index is 2.87. The van der Waals surface area contributed by atoms with E-state index in [-0.39, 0.29) is 14.1 Å². The highest BCUT2D eigenvalue weighted by Gasteiger charge is 1.93. The smallest absolute Gasteiger partial charge is 0.304 e. The fourth-order valence-corrected chi connectivity index (χ4v) is 0.826. The predicted octanol–water partition coefficient (Wildman–Crippen LogP) is -0.852. The van der Waals surface area contributed by atoms with E-state index in [1.807, 2.05) is 18.2 Å². The molecule has 0 aliphatic heterocycles. The lowest BCUT2D eigenvalue weighted by atomic mass is 9.88. The van der Waals surface area contributed by atoms with E-state index < -0.39 is 0 Å². The van der Waals surface area contributed by atoms with E-state index in [4.69, 9.17) is 10.1 Å². The molecule has 1 aromatic carbocycles. The standard InChI is InChI=1S/C7H9BO2/c9-5-6-2-1-3-7(4-6)8-10/h1-4,8-10H,5H2. The van der Waals surface area contributed by atoms with Gasteiger partial charge in [-0.25, -0.2) is 0 Å². The number of hydrogen-bond donors (Lipinski definition) is 2. The lowest BCUT2D eigenvalue weighted by molar-refractivity contribution is 0.282. The maximum atomic E-state index is 8.68. The van der Waals surface area contributed by atoms with Crippen LogP contribution in [0.15, 0.2) is 24.3 Å². The minimum Gasteiger partial charge on any atom is -0.449 e. The summed E-state index contributed by atoms with van der Waals surface area (Å²) in [6.07, 6.45) is 0. The van der Waals surface area contributed by atoms with Gasteiger partial charge in [-0.3, -0.25) is 0 Å². The molecule has 0 aromatic heterocycles. The third-order valence-corrected chi connectivity index (χ3v) is 1.36. The number of hydrogen-bond acceptors (Lipinski definition) is 2. The molecule has 52 valence electrons.